The highest BCUT2D eigenvalue weighted by atomic mass is 32.2. The molecule has 0 spiro atoms. The Bertz CT molecular complexity index is 1400. The summed E-state index contributed by atoms with van der Waals surface area (Å²) >= 11 is 0. The summed E-state index contributed by atoms with van der Waals surface area (Å²) in [6.07, 6.45) is 1.49. The van der Waals surface area contributed by atoms with E-state index in [2.05, 4.69) is 35.3 Å². The molecular formula is C26H26N2O5S. The molecule has 0 saturated heterocycles. The van der Waals surface area contributed by atoms with Gasteiger partial charge in [0.25, 0.3) is 16.0 Å². The first kappa shape index (κ1) is 23.8. The molecule has 0 radical (unpaired) electrons. The molecular weight excluding hydrogens is 452 g/mol. The molecule has 0 aliphatic rings. The van der Waals surface area contributed by atoms with Crippen molar-refractivity contribution in [2.45, 2.75) is 20.0 Å². The van der Waals surface area contributed by atoms with Gasteiger partial charge in [-0.1, -0.05) is 53.7 Å². The Morgan fingerprint density at radius 3 is 2.53 bits per heavy atom. The molecule has 1 aromatic heterocycles. The van der Waals surface area contributed by atoms with Gasteiger partial charge in [-0.05, 0) is 59.4 Å². The topological polar surface area (TPSA) is 91.5 Å². The third-order valence-corrected chi connectivity index (χ3v) is 5.98. The molecule has 8 heteroatoms. The second kappa shape index (κ2) is 10.3. The predicted molar refractivity (Wildman–Crippen MR) is 131 cm³/mol. The average molecular weight is 479 g/mol. The number of nitrogens with zero attached hydrogens (tertiary/aromatic N) is 2. The second-order valence-corrected chi connectivity index (χ2v) is 9.66. The number of hydrogen-bond donors (Lipinski definition) is 0. The first-order chi connectivity index (χ1) is 16.3. The molecule has 0 bridgehead atoms. The van der Waals surface area contributed by atoms with Crippen molar-refractivity contribution >= 4 is 10.1 Å². The quantitative estimate of drug-likeness (QED) is 0.311. The molecule has 0 aliphatic carbocycles. The van der Waals surface area contributed by atoms with Gasteiger partial charge in [0, 0.05) is 18.2 Å². The number of benzene rings is 3. The van der Waals surface area contributed by atoms with Crippen molar-refractivity contribution in [2.75, 3.05) is 20.0 Å². The van der Waals surface area contributed by atoms with Gasteiger partial charge in [-0.15, -0.1) is 0 Å². The van der Waals surface area contributed by atoms with E-state index in [1.54, 1.807) is 7.11 Å². The zero-order chi connectivity index (χ0) is 24.1. The highest BCUT2D eigenvalue weighted by Crippen LogP contribution is 2.31. The van der Waals surface area contributed by atoms with Gasteiger partial charge in [0.2, 0.25) is 5.82 Å². The van der Waals surface area contributed by atoms with Gasteiger partial charge in [0.15, 0.2) is 0 Å². The van der Waals surface area contributed by atoms with Gasteiger partial charge >= 0.3 is 0 Å². The molecule has 0 N–H and O–H groups in total. The molecule has 3 aromatic carbocycles. The molecule has 34 heavy (non-hydrogen) atoms. The van der Waals surface area contributed by atoms with E-state index >= 15 is 0 Å². The van der Waals surface area contributed by atoms with E-state index < -0.39 is 10.1 Å². The Hall–Kier alpha value is -3.33. The smallest absolute Gasteiger partial charge is 0.264 e. The van der Waals surface area contributed by atoms with Gasteiger partial charge in [-0.3, -0.25) is 4.18 Å². The minimum Gasteiger partial charge on any atom is -0.380 e. The van der Waals surface area contributed by atoms with Gasteiger partial charge in [-0.25, -0.2) is 0 Å². The van der Waals surface area contributed by atoms with E-state index in [1.807, 2.05) is 48.5 Å². The third-order valence-electron chi connectivity index (χ3n) is 5.39. The number of hydrogen-bond acceptors (Lipinski definition) is 7. The maximum Gasteiger partial charge on any atom is 0.264 e. The number of methoxy groups -OCH3 is 1. The lowest BCUT2D eigenvalue weighted by Gasteiger charge is -2.12. The van der Waals surface area contributed by atoms with Crippen LogP contribution in [0.15, 0.2) is 71.3 Å². The summed E-state index contributed by atoms with van der Waals surface area (Å²) in [5, 5.41) is 4.15. The van der Waals surface area contributed by atoms with Gasteiger partial charge < -0.3 is 9.26 Å². The predicted octanol–water partition coefficient (Wildman–Crippen LogP) is 5.04. The Balaban J connectivity index is 1.59. The van der Waals surface area contributed by atoms with Crippen molar-refractivity contribution in [3.05, 3.63) is 83.4 Å². The molecule has 0 aliphatic heterocycles. The van der Waals surface area contributed by atoms with Crippen molar-refractivity contribution in [1.82, 2.24) is 10.1 Å². The van der Waals surface area contributed by atoms with E-state index in [4.69, 9.17) is 13.4 Å². The summed E-state index contributed by atoms with van der Waals surface area (Å²) in [7, 11) is -1.79. The van der Waals surface area contributed by atoms with Crippen LogP contribution in [0.4, 0.5) is 0 Å². The minimum absolute atomic E-state index is 0.0787. The molecule has 0 saturated carbocycles. The number of aromatic nitrogens is 2. The molecule has 0 unspecified atom stereocenters. The van der Waals surface area contributed by atoms with Crippen molar-refractivity contribution in [2.24, 2.45) is 0 Å². The Labute approximate surface area is 199 Å². The van der Waals surface area contributed by atoms with Crippen LogP contribution in [0.2, 0.25) is 0 Å². The molecule has 4 aromatic rings. The third kappa shape index (κ3) is 5.77. The standard InChI is InChI=1S/C26H26N2O5S/c1-18-7-4-5-10-23(18)24-12-11-21(16-22(24)17-31-2)26-27-25(28-33-26)20-9-6-8-19(15-20)13-14-32-34(3,29)30/h4-12,15-16H,13-14,17H2,1-3H3. The van der Waals surface area contributed by atoms with Gasteiger partial charge in [0.1, 0.15) is 0 Å². The van der Waals surface area contributed by atoms with E-state index in [9.17, 15) is 8.42 Å². The van der Waals surface area contributed by atoms with Crippen molar-refractivity contribution in [3.8, 4) is 34.0 Å². The Kier molecular flexibility index (Phi) is 7.21. The zero-order valence-corrected chi connectivity index (χ0v) is 20.1. The maximum absolute atomic E-state index is 11.2. The normalized spacial score (nSPS) is 11.6. The highest BCUT2D eigenvalue weighted by molar-refractivity contribution is 7.85. The lowest BCUT2D eigenvalue weighted by atomic mass is 9.94. The van der Waals surface area contributed by atoms with Crippen LogP contribution in [-0.4, -0.2) is 38.5 Å². The van der Waals surface area contributed by atoms with Crippen molar-refractivity contribution in [1.29, 1.82) is 0 Å². The molecule has 176 valence electrons. The largest absolute Gasteiger partial charge is 0.380 e. The fourth-order valence-corrected chi connectivity index (χ4v) is 4.16. The van der Waals surface area contributed by atoms with Crippen LogP contribution < -0.4 is 0 Å². The van der Waals surface area contributed by atoms with Crippen LogP contribution in [-0.2, 0) is 32.1 Å². The maximum atomic E-state index is 11.2. The van der Waals surface area contributed by atoms with Crippen LogP contribution >= 0.6 is 0 Å². The fourth-order valence-electron chi connectivity index (χ4n) is 3.77. The summed E-state index contributed by atoms with van der Waals surface area (Å²) in [4.78, 5) is 4.59. The number of ether oxygens (including phenoxy) is 1. The second-order valence-electron chi connectivity index (χ2n) is 8.02. The zero-order valence-electron chi connectivity index (χ0n) is 19.3. The fraction of sp³-hybridized carbons (Fsp3) is 0.231. The lowest BCUT2D eigenvalue weighted by Crippen LogP contribution is -2.06. The van der Waals surface area contributed by atoms with Gasteiger partial charge in [-0.2, -0.15) is 13.4 Å². The van der Waals surface area contributed by atoms with E-state index in [-0.39, 0.29) is 6.61 Å². The number of rotatable bonds is 9. The lowest BCUT2D eigenvalue weighted by molar-refractivity contribution is 0.185. The summed E-state index contributed by atoms with van der Waals surface area (Å²) in [6, 6.07) is 21.8. The van der Waals surface area contributed by atoms with E-state index in [0.29, 0.717) is 24.7 Å². The first-order valence-corrected chi connectivity index (χ1v) is 12.6. The van der Waals surface area contributed by atoms with Crippen molar-refractivity contribution in [3.63, 3.8) is 0 Å². The monoisotopic (exact) mass is 478 g/mol. The SMILES string of the molecule is COCc1cc(-c2nc(-c3cccc(CCOS(C)(=O)=O)c3)no2)ccc1-c1ccccc1C. The highest BCUT2D eigenvalue weighted by Gasteiger charge is 2.15. The molecule has 0 amide bonds. The van der Waals surface area contributed by atoms with E-state index in [0.717, 1.165) is 39.6 Å². The van der Waals surface area contributed by atoms with Crippen LogP contribution in [0.25, 0.3) is 34.0 Å². The average Bonchev–Trinajstić information content (AvgIpc) is 3.30. The van der Waals surface area contributed by atoms with Crippen LogP contribution in [0.5, 0.6) is 0 Å². The number of aryl methyl sites for hydroxylation is 1. The molecule has 4 rings (SSSR count). The molecule has 0 fully saturated rings. The molecule has 7 nitrogen and oxygen atoms in total. The molecule has 0 atom stereocenters. The first-order valence-electron chi connectivity index (χ1n) is 10.8. The van der Waals surface area contributed by atoms with Crippen LogP contribution in [0.3, 0.4) is 0 Å². The minimum atomic E-state index is -3.46. The molecule has 1 heterocycles. The summed E-state index contributed by atoms with van der Waals surface area (Å²) in [5.74, 6) is 0.867. The van der Waals surface area contributed by atoms with Crippen LogP contribution in [0.1, 0.15) is 16.7 Å². The Morgan fingerprint density at radius 1 is 0.941 bits per heavy atom. The van der Waals surface area contributed by atoms with Crippen molar-refractivity contribution < 1.29 is 21.9 Å². The van der Waals surface area contributed by atoms with Crippen LogP contribution in [0, 0.1) is 6.92 Å². The Morgan fingerprint density at radius 2 is 1.76 bits per heavy atom. The summed E-state index contributed by atoms with van der Waals surface area (Å²) in [6.45, 7) is 2.62. The van der Waals surface area contributed by atoms with E-state index in [1.165, 1.54) is 5.56 Å². The van der Waals surface area contributed by atoms with Gasteiger partial charge in [0.05, 0.1) is 19.5 Å². The summed E-state index contributed by atoms with van der Waals surface area (Å²) < 4.78 is 38.2. The summed E-state index contributed by atoms with van der Waals surface area (Å²) in [5.41, 5.74) is 6.98.